The Morgan fingerprint density at radius 2 is 1.41 bits per heavy atom. The molecule has 0 atom stereocenters. The number of rotatable bonds is 4. The van der Waals surface area contributed by atoms with Crippen LogP contribution >= 0.6 is 0 Å². The van der Waals surface area contributed by atoms with Crippen LogP contribution in [0.15, 0.2) is 73.2 Å². The third-order valence-corrected chi connectivity index (χ3v) is 3.92. The van der Waals surface area contributed by atoms with Gasteiger partial charge in [0.2, 0.25) is 0 Å². The second kappa shape index (κ2) is 7.41. The Hall–Kier alpha value is -3.49. The first kappa shape index (κ1) is 17.0. The molecule has 3 heterocycles. The Kier molecular flexibility index (Phi) is 4.65. The summed E-state index contributed by atoms with van der Waals surface area (Å²) >= 11 is 0. The summed E-state index contributed by atoms with van der Waals surface area (Å²) in [5, 5.41) is 18.5. The third-order valence-electron chi connectivity index (χ3n) is 3.92. The van der Waals surface area contributed by atoms with Crippen LogP contribution in [0.2, 0.25) is 0 Å². The Bertz CT molecular complexity index is 987. The maximum absolute atomic E-state index is 9.27. The smallest absolute Gasteiger partial charge is 0.423 e. The summed E-state index contributed by atoms with van der Waals surface area (Å²) in [5.41, 5.74) is 2.52. The van der Waals surface area contributed by atoms with Gasteiger partial charge in [0.1, 0.15) is 5.69 Å². The predicted molar refractivity (Wildman–Crippen MR) is 102 cm³/mol. The molecule has 0 fully saturated rings. The molecule has 0 bridgehead atoms. The standard InChI is InChI=1S/C19H14BN5O2/c26-20(27)15-8-6-13(7-9-15)17-23-18(14-4-3-10-21-12-14)25-19(24-17)16-5-1-2-11-22-16/h1-12,26-27H. The van der Waals surface area contributed by atoms with Gasteiger partial charge in [-0.15, -0.1) is 0 Å². The molecule has 2 N–H and O–H groups in total. The summed E-state index contributed by atoms with van der Waals surface area (Å²) in [4.78, 5) is 22.1. The van der Waals surface area contributed by atoms with E-state index < -0.39 is 7.12 Å². The van der Waals surface area contributed by atoms with E-state index in [0.29, 0.717) is 28.6 Å². The van der Waals surface area contributed by atoms with Crippen molar-refractivity contribution < 1.29 is 10.0 Å². The minimum Gasteiger partial charge on any atom is -0.423 e. The molecule has 130 valence electrons. The van der Waals surface area contributed by atoms with Crippen LogP contribution in [0.25, 0.3) is 34.3 Å². The van der Waals surface area contributed by atoms with Gasteiger partial charge in [-0.05, 0) is 29.7 Å². The molecule has 0 amide bonds. The fraction of sp³-hybridized carbons (Fsp3) is 0. The minimum absolute atomic E-state index is 0.394. The van der Waals surface area contributed by atoms with E-state index in [-0.39, 0.29) is 0 Å². The Morgan fingerprint density at radius 1 is 0.667 bits per heavy atom. The van der Waals surface area contributed by atoms with Crippen LogP contribution in [0.4, 0.5) is 0 Å². The molecule has 0 unspecified atom stereocenters. The van der Waals surface area contributed by atoms with Gasteiger partial charge in [0.25, 0.3) is 0 Å². The molecule has 3 aromatic heterocycles. The predicted octanol–water partition coefficient (Wildman–Crippen LogP) is 1.34. The summed E-state index contributed by atoms with van der Waals surface area (Å²) in [6.07, 6.45) is 5.05. The molecule has 0 radical (unpaired) electrons. The molecule has 0 saturated heterocycles. The van der Waals surface area contributed by atoms with Gasteiger partial charge in [-0.1, -0.05) is 30.3 Å². The first-order valence-corrected chi connectivity index (χ1v) is 8.25. The van der Waals surface area contributed by atoms with E-state index in [0.717, 1.165) is 11.1 Å². The van der Waals surface area contributed by atoms with Crippen LogP contribution in [0.5, 0.6) is 0 Å². The van der Waals surface area contributed by atoms with Crippen LogP contribution in [-0.4, -0.2) is 42.1 Å². The van der Waals surface area contributed by atoms with Crippen molar-refractivity contribution in [3.05, 3.63) is 73.2 Å². The van der Waals surface area contributed by atoms with Crippen LogP contribution in [0.1, 0.15) is 0 Å². The number of nitrogens with zero attached hydrogens (tertiary/aromatic N) is 5. The Balaban J connectivity index is 1.85. The molecule has 0 saturated carbocycles. The van der Waals surface area contributed by atoms with Crippen LogP contribution < -0.4 is 5.46 Å². The Labute approximate surface area is 155 Å². The fourth-order valence-corrected chi connectivity index (χ4v) is 2.54. The topological polar surface area (TPSA) is 105 Å². The number of aromatic nitrogens is 5. The van der Waals surface area contributed by atoms with Crippen molar-refractivity contribution in [2.75, 3.05) is 0 Å². The zero-order valence-electron chi connectivity index (χ0n) is 14.1. The molecule has 27 heavy (non-hydrogen) atoms. The van der Waals surface area contributed by atoms with Crippen molar-refractivity contribution in [3.63, 3.8) is 0 Å². The van der Waals surface area contributed by atoms with Gasteiger partial charge in [-0.2, -0.15) is 0 Å². The SMILES string of the molecule is OB(O)c1ccc(-c2nc(-c3cccnc3)nc(-c3ccccn3)n2)cc1. The number of pyridine rings is 2. The highest BCUT2D eigenvalue weighted by Gasteiger charge is 2.14. The van der Waals surface area contributed by atoms with E-state index in [9.17, 15) is 10.0 Å². The van der Waals surface area contributed by atoms with E-state index in [1.54, 1.807) is 42.9 Å². The molecule has 8 heteroatoms. The zero-order valence-corrected chi connectivity index (χ0v) is 14.1. The maximum Gasteiger partial charge on any atom is 0.488 e. The molecule has 0 spiro atoms. The van der Waals surface area contributed by atoms with Crippen molar-refractivity contribution >= 4 is 12.6 Å². The normalized spacial score (nSPS) is 10.6. The van der Waals surface area contributed by atoms with E-state index in [4.69, 9.17) is 0 Å². The summed E-state index contributed by atoms with van der Waals surface area (Å²) < 4.78 is 0. The van der Waals surface area contributed by atoms with Crippen LogP contribution in [0, 0.1) is 0 Å². The van der Waals surface area contributed by atoms with Crippen LogP contribution in [-0.2, 0) is 0 Å². The van der Waals surface area contributed by atoms with Crippen molar-refractivity contribution in [2.45, 2.75) is 0 Å². The van der Waals surface area contributed by atoms with Gasteiger partial charge in [0.05, 0.1) is 0 Å². The molecule has 0 aliphatic rings. The van der Waals surface area contributed by atoms with Gasteiger partial charge >= 0.3 is 7.12 Å². The molecular formula is C19H14BN5O2. The van der Waals surface area contributed by atoms with Gasteiger partial charge in [0.15, 0.2) is 17.5 Å². The summed E-state index contributed by atoms with van der Waals surface area (Å²) in [6.45, 7) is 0. The van der Waals surface area contributed by atoms with Crippen molar-refractivity contribution in [1.29, 1.82) is 0 Å². The molecular weight excluding hydrogens is 341 g/mol. The van der Waals surface area contributed by atoms with E-state index in [1.165, 1.54) is 0 Å². The zero-order chi connectivity index (χ0) is 18.6. The lowest BCUT2D eigenvalue weighted by Gasteiger charge is -2.08. The first-order chi connectivity index (χ1) is 13.2. The average Bonchev–Trinajstić information content (AvgIpc) is 2.75. The second-order valence-corrected chi connectivity index (χ2v) is 5.76. The number of benzene rings is 1. The van der Waals surface area contributed by atoms with Gasteiger partial charge in [0, 0.05) is 29.7 Å². The van der Waals surface area contributed by atoms with Crippen molar-refractivity contribution in [1.82, 2.24) is 24.9 Å². The quantitative estimate of drug-likeness (QED) is 0.532. The van der Waals surface area contributed by atoms with E-state index >= 15 is 0 Å². The van der Waals surface area contributed by atoms with Crippen molar-refractivity contribution in [2.24, 2.45) is 0 Å². The highest BCUT2D eigenvalue weighted by Crippen LogP contribution is 2.22. The lowest BCUT2D eigenvalue weighted by atomic mass is 9.80. The molecule has 4 rings (SSSR count). The number of hydrogen-bond donors (Lipinski definition) is 2. The molecule has 4 aromatic rings. The average molecular weight is 355 g/mol. The highest BCUT2D eigenvalue weighted by molar-refractivity contribution is 6.58. The lowest BCUT2D eigenvalue weighted by Crippen LogP contribution is -2.29. The fourth-order valence-electron chi connectivity index (χ4n) is 2.54. The van der Waals surface area contributed by atoms with Gasteiger partial charge in [-0.3, -0.25) is 9.97 Å². The molecule has 1 aromatic carbocycles. The third kappa shape index (κ3) is 3.71. The first-order valence-electron chi connectivity index (χ1n) is 8.25. The summed E-state index contributed by atoms with van der Waals surface area (Å²) in [6, 6.07) is 15.9. The van der Waals surface area contributed by atoms with Crippen LogP contribution in [0.3, 0.4) is 0 Å². The van der Waals surface area contributed by atoms with Gasteiger partial charge in [-0.25, -0.2) is 15.0 Å². The maximum atomic E-state index is 9.27. The molecule has 0 aliphatic heterocycles. The number of hydrogen-bond acceptors (Lipinski definition) is 7. The summed E-state index contributed by atoms with van der Waals surface area (Å²) in [5.74, 6) is 1.40. The lowest BCUT2D eigenvalue weighted by molar-refractivity contribution is 0.426. The van der Waals surface area contributed by atoms with Gasteiger partial charge < -0.3 is 10.0 Å². The minimum atomic E-state index is -1.52. The van der Waals surface area contributed by atoms with Crippen molar-refractivity contribution in [3.8, 4) is 34.3 Å². The largest absolute Gasteiger partial charge is 0.488 e. The highest BCUT2D eigenvalue weighted by atomic mass is 16.4. The molecule has 0 aliphatic carbocycles. The van der Waals surface area contributed by atoms with E-state index in [2.05, 4.69) is 24.9 Å². The monoisotopic (exact) mass is 355 g/mol. The molecule has 7 nitrogen and oxygen atoms in total. The second-order valence-electron chi connectivity index (χ2n) is 5.76. The van der Waals surface area contributed by atoms with E-state index in [1.807, 2.05) is 30.3 Å². The Morgan fingerprint density at radius 3 is 2.04 bits per heavy atom. The summed E-state index contributed by atoms with van der Waals surface area (Å²) in [7, 11) is -1.52.